The highest BCUT2D eigenvalue weighted by Crippen LogP contribution is 2.20. The van der Waals surface area contributed by atoms with Crippen molar-refractivity contribution < 1.29 is 4.79 Å². The number of fused-ring (bicyclic) bond motifs is 1. The van der Waals surface area contributed by atoms with Gasteiger partial charge in [-0.2, -0.15) is 0 Å². The standard InChI is InChI=1S/C13H16N2O/c1-3-11(14)13(16)10-7-15-12-6-8(2)4-5-9(10)12/h4-7,11,15H,3,14H2,1-2H3. The van der Waals surface area contributed by atoms with Gasteiger partial charge in [-0.1, -0.05) is 19.1 Å². The minimum atomic E-state index is -0.402. The van der Waals surface area contributed by atoms with E-state index in [0.29, 0.717) is 12.0 Å². The van der Waals surface area contributed by atoms with Gasteiger partial charge in [0.25, 0.3) is 0 Å². The number of H-pyrrole nitrogens is 1. The fourth-order valence-corrected chi connectivity index (χ4v) is 1.83. The molecule has 3 nitrogen and oxygen atoms in total. The van der Waals surface area contributed by atoms with Crippen LogP contribution >= 0.6 is 0 Å². The van der Waals surface area contributed by atoms with Crippen LogP contribution in [0.2, 0.25) is 0 Å². The van der Waals surface area contributed by atoms with Crippen molar-refractivity contribution in [1.82, 2.24) is 4.98 Å². The molecule has 1 heterocycles. The molecule has 0 saturated carbocycles. The minimum absolute atomic E-state index is 0.0117. The number of aromatic nitrogens is 1. The van der Waals surface area contributed by atoms with Crippen LogP contribution in [0.5, 0.6) is 0 Å². The third-order valence-corrected chi connectivity index (χ3v) is 2.88. The van der Waals surface area contributed by atoms with Crippen molar-refractivity contribution >= 4 is 16.7 Å². The summed E-state index contributed by atoms with van der Waals surface area (Å²) in [5.74, 6) is 0.0117. The summed E-state index contributed by atoms with van der Waals surface area (Å²) < 4.78 is 0. The molecule has 1 aromatic heterocycles. The lowest BCUT2D eigenvalue weighted by molar-refractivity contribution is 0.0961. The van der Waals surface area contributed by atoms with Gasteiger partial charge in [0.2, 0.25) is 0 Å². The number of nitrogens with two attached hydrogens (primary N) is 1. The average molecular weight is 216 g/mol. The number of hydrogen-bond acceptors (Lipinski definition) is 2. The van der Waals surface area contributed by atoms with Gasteiger partial charge in [0.1, 0.15) is 0 Å². The van der Waals surface area contributed by atoms with E-state index in [0.717, 1.165) is 10.9 Å². The van der Waals surface area contributed by atoms with E-state index in [4.69, 9.17) is 5.73 Å². The maximum absolute atomic E-state index is 12.0. The molecule has 16 heavy (non-hydrogen) atoms. The number of ketones is 1. The summed E-state index contributed by atoms with van der Waals surface area (Å²) in [6, 6.07) is 5.60. The molecule has 2 aromatic rings. The summed E-state index contributed by atoms with van der Waals surface area (Å²) in [5.41, 5.74) is 8.63. The number of carbonyl (C=O) groups excluding carboxylic acids is 1. The van der Waals surface area contributed by atoms with E-state index < -0.39 is 6.04 Å². The van der Waals surface area contributed by atoms with E-state index >= 15 is 0 Å². The van der Waals surface area contributed by atoms with Gasteiger partial charge in [0.15, 0.2) is 5.78 Å². The fraction of sp³-hybridized carbons (Fsp3) is 0.308. The predicted octanol–water partition coefficient (Wildman–Crippen LogP) is 2.40. The van der Waals surface area contributed by atoms with Crippen LogP contribution in [0.25, 0.3) is 10.9 Å². The smallest absolute Gasteiger partial charge is 0.181 e. The van der Waals surface area contributed by atoms with Gasteiger partial charge in [-0.3, -0.25) is 4.79 Å². The van der Waals surface area contributed by atoms with Crippen molar-refractivity contribution in [2.45, 2.75) is 26.3 Å². The second-order valence-electron chi connectivity index (χ2n) is 4.13. The number of carbonyl (C=O) groups is 1. The van der Waals surface area contributed by atoms with Crippen LogP contribution < -0.4 is 5.73 Å². The molecule has 0 aliphatic carbocycles. The molecule has 1 unspecified atom stereocenters. The first-order valence-corrected chi connectivity index (χ1v) is 5.51. The first-order valence-electron chi connectivity index (χ1n) is 5.51. The van der Waals surface area contributed by atoms with E-state index in [1.165, 1.54) is 5.56 Å². The number of aromatic amines is 1. The third kappa shape index (κ3) is 1.74. The van der Waals surface area contributed by atoms with Crippen LogP contribution in [0.4, 0.5) is 0 Å². The van der Waals surface area contributed by atoms with Crippen LogP contribution in [0.3, 0.4) is 0 Å². The van der Waals surface area contributed by atoms with Gasteiger partial charge in [-0.25, -0.2) is 0 Å². The van der Waals surface area contributed by atoms with Crippen molar-refractivity contribution in [1.29, 1.82) is 0 Å². The maximum Gasteiger partial charge on any atom is 0.181 e. The molecule has 0 spiro atoms. The summed E-state index contributed by atoms with van der Waals surface area (Å²) >= 11 is 0. The largest absolute Gasteiger partial charge is 0.360 e. The number of Topliss-reactive ketones (excluding diaryl/α,β-unsaturated/α-hetero) is 1. The molecule has 0 saturated heterocycles. The summed E-state index contributed by atoms with van der Waals surface area (Å²) in [7, 11) is 0. The Morgan fingerprint density at radius 2 is 2.25 bits per heavy atom. The summed E-state index contributed by atoms with van der Waals surface area (Å²) in [5, 5.41) is 0.958. The molecule has 0 fully saturated rings. The second-order valence-corrected chi connectivity index (χ2v) is 4.13. The summed E-state index contributed by atoms with van der Waals surface area (Å²) in [6.45, 7) is 3.95. The summed E-state index contributed by atoms with van der Waals surface area (Å²) in [4.78, 5) is 15.1. The molecule has 0 aliphatic heterocycles. The quantitative estimate of drug-likeness (QED) is 0.774. The van der Waals surface area contributed by atoms with Crippen LogP contribution in [0, 0.1) is 6.92 Å². The topological polar surface area (TPSA) is 58.9 Å². The molecule has 0 amide bonds. The van der Waals surface area contributed by atoms with E-state index in [1.807, 2.05) is 32.0 Å². The Balaban J connectivity index is 2.50. The Kier molecular flexibility index (Phi) is 2.79. The molecule has 1 atom stereocenters. The Morgan fingerprint density at radius 1 is 1.50 bits per heavy atom. The van der Waals surface area contributed by atoms with Crippen LogP contribution in [0.1, 0.15) is 29.3 Å². The van der Waals surface area contributed by atoms with Crippen molar-refractivity contribution in [2.24, 2.45) is 5.73 Å². The molecular weight excluding hydrogens is 200 g/mol. The zero-order chi connectivity index (χ0) is 11.7. The molecule has 3 N–H and O–H groups in total. The van der Waals surface area contributed by atoms with Crippen molar-refractivity contribution in [3.8, 4) is 0 Å². The van der Waals surface area contributed by atoms with Gasteiger partial charge in [0, 0.05) is 22.7 Å². The summed E-state index contributed by atoms with van der Waals surface area (Å²) in [6.07, 6.45) is 2.42. The first kappa shape index (κ1) is 10.9. The van der Waals surface area contributed by atoms with Crippen LogP contribution in [0.15, 0.2) is 24.4 Å². The van der Waals surface area contributed by atoms with E-state index in [1.54, 1.807) is 6.20 Å². The highest BCUT2D eigenvalue weighted by atomic mass is 16.1. The van der Waals surface area contributed by atoms with Gasteiger partial charge in [0.05, 0.1) is 6.04 Å². The molecule has 0 bridgehead atoms. The fourth-order valence-electron chi connectivity index (χ4n) is 1.83. The third-order valence-electron chi connectivity index (χ3n) is 2.88. The Bertz CT molecular complexity index is 528. The van der Waals surface area contributed by atoms with Crippen molar-refractivity contribution in [3.05, 3.63) is 35.5 Å². The van der Waals surface area contributed by atoms with Gasteiger partial charge in [-0.15, -0.1) is 0 Å². The van der Waals surface area contributed by atoms with Crippen LogP contribution in [-0.4, -0.2) is 16.8 Å². The molecule has 1 aromatic carbocycles. The molecule has 0 radical (unpaired) electrons. The predicted molar refractivity (Wildman–Crippen MR) is 65.6 cm³/mol. The van der Waals surface area contributed by atoms with E-state index in [-0.39, 0.29) is 5.78 Å². The molecule has 3 heteroatoms. The highest BCUT2D eigenvalue weighted by Gasteiger charge is 2.17. The lowest BCUT2D eigenvalue weighted by Gasteiger charge is -2.06. The number of aryl methyl sites for hydroxylation is 1. The highest BCUT2D eigenvalue weighted by molar-refractivity contribution is 6.10. The van der Waals surface area contributed by atoms with Gasteiger partial charge >= 0.3 is 0 Å². The van der Waals surface area contributed by atoms with Gasteiger partial charge < -0.3 is 10.7 Å². The van der Waals surface area contributed by atoms with E-state index in [2.05, 4.69) is 4.98 Å². The normalized spacial score (nSPS) is 12.9. The maximum atomic E-state index is 12.0. The SMILES string of the molecule is CCC(N)C(=O)c1c[nH]c2cc(C)ccc12. The number of rotatable bonds is 3. The number of benzene rings is 1. The minimum Gasteiger partial charge on any atom is -0.360 e. The Labute approximate surface area is 94.6 Å². The molecule has 2 rings (SSSR count). The molecule has 84 valence electrons. The monoisotopic (exact) mass is 216 g/mol. The zero-order valence-electron chi connectivity index (χ0n) is 9.58. The van der Waals surface area contributed by atoms with Gasteiger partial charge in [-0.05, 0) is 25.0 Å². The Hall–Kier alpha value is -1.61. The number of nitrogens with one attached hydrogen (secondary N) is 1. The molecule has 0 aliphatic rings. The first-order chi connectivity index (χ1) is 7.63. The van der Waals surface area contributed by atoms with E-state index in [9.17, 15) is 4.79 Å². The lowest BCUT2D eigenvalue weighted by atomic mass is 10.0. The Morgan fingerprint density at radius 3 is 2.94 bits per heavy atom. The number of hydrogen-bond donors (Lipinski definition) is 2. The van der Waals surface area contributed by atoms with Crippen molar-refractivity contribution in [3.63, 3.8) is 0 Å². The van der Waals surface area contributed by atoms with Crippen molar-refractivity contribution in [2.75, 3.05) is 0 Å². The zero-order valence-corrected chi connectivity index (χ0v) is 9.58. The lowest BCUT2D eigenvalue weighted by Crippen LogP contribution is -2.29. The average Bonchev–Trinajstić information content (AvgIpc) is 2.69. The van der Waals surface area contributed by atoms with Crippen LogP contribution in [-0.2, 0) is 0 Å². The second kappa shape index (κ2) is 4.10. The molecular formula is C13H16N2O.